The van der Waals surface area contributed by atoms with Crippen LogP contribution in [-0.2, 0) is 27.8 Å². The van der Waals surface area contributed by atoms with E-state index in [0.717, 1.165) is 74.1 Å². The van der Waals surface area contributed by atoms with E-state index in [1.165, 1.54) is 18.0 Å². The average molecular weight is 583 g/mol. The first kappa shape index (κ1) is 29.3. The highest BCUT2D eigenvalue weighted by molar-refractivity contribution is 6.31. The fourth-order valence-corrected chi connectivity index (χ4v) is 5.83. The molecule has 1 atom stereocenters. The maximum atomic E-state index is 12.9. The van der Waals surface area contributed by atoms with Gasteiger partial charge in [-0.3, -0.25) is 9.59 Å². The Bertz CT molecular complexity index is 1330. The lowest BCUT2D eigenvalue weighted by Crippen LogP contribution is -2.42. The van der Waals surface area contributed by atoms with Gasteiger partial charge in [0.1, 0.15) is 0 Å². The van der Waals surface area contributed by atoms with Crippen LogP contribution >= 0.6 is 11.6 Å². The molecule has 2 saturated heterocycles. The first-order valence-corrected chi connectivity index (χ1v) is 14.9. The van der Waals surface area contributed by atoms with Gasteiger partial charge in [-0.25, -0.2) is 20.3 Å². The summed E-state index contributed by atoms with van der Waals surface area (Å²) in [5.74, 6) is 0.805. The zero-order valence-corrected chi connectivity index (χ0v) is 24.6. The number of piperidine rings is 1. The third-order valence-electron chi connectivity index (χ3n) is 8.04. The second-order valence-corrected chi connectivity index (χ2v) is 11.4. The number of nitrogens with one attached hydrogen (secondary N) is 1. The van der Waals surface area contributed by atoms with Crippen LogP contribution < -0.4 is 10.4 Å². The Morgan fingerprint density at radius 3 is 2.66 bits per heavy atom. The van der Waals surface area contributed by atoms with Crippen molar-refractivity contribution >= 4 is 40.3 Å². The molecule has 2 aromatic heterocycles. The summed E-state index contributed by atoms with van der Waals surface area (Å²) >= 11 is 6.27. The summed E-state index contributed by atoms with van der Waals surface area (Å²) in [6, 6.07) is 5.96. The molecule has 1 unspecified atom stereocenters. The molecule has 0 spiro atoms. The lowest BCUT2D eigenvalue weighted by molar-refractivity contribution is -0.186. The first-order chi connectivity index (χ1) is 19.9. The number of halogens is 1. The molecule has 10 nitrogen and oxygen atoms in total. The van der Waals surface area contributed by atoms with Gasteiger partial charge >= 0.3 is 0 Å². The summed E-state index contributed by atoms with van der Waals surface area (Å²) in [5.41, 5.74) is 5.12. The molecule has 0 saturated carbocycles. The van der Waals surface area contributed by atoms with E-state index in [-0.39, 0.29) is 5.91 Å². The number of ether oxygens (including phenoxy) is 1. The molecule has 1 N–H and O–H groups in total. The topological polar surface area (TPSA) is 102 Å². The van der Waals surface area contributed by atoms with Crippen molar-refractivity contribution in [2.45, 2.75) is 58.2 Å². The zero-order chi connectivity index (χ0) is 28.8. The number of nitrogens with zero attached hydrogens (tertiary/aromatic N) is 5. The predicted molar refractivity (Wildman–Crippen MR) is 158 cm³/mol. The summed E-state index contributed by atoms with van der Waals surface area (Å²) in [6.45, 7) is 5.59. The molecule has 2 aliphatic heterocycles. The van der Waals surface area contributed by atoms with Crippen molar-refractivity contribution in [1.82, 2.24) is 24.9 Å². The third kappa shape index (κ3) is 7.36. The summed E-state index contributed by atoms with van der Waals surface area (Å²) < 4.78 is 7.58. The molecule has 220 valence electrons. The number of fused-ring (bicyclic) bond motifs is 1. The van der Waals surface area contributed by atoms with Gasteiger partial charge in [0.2, 0.25) is 11.9 Å². The Labute approximate surface area is 245 Å². The van der Waals surface area contributed by atoms with E-state index in [9.17, 15) is 9.59 Å². The monoisotopic (exact) mass is 582 g/mol. The minimum Gasteiger partial charge on any atom is -0.350 e. The molecule has 4 heterocycles. The van der Waals surface area contributed by atoms with E-state index >= 15 is 0 Å². The maximum Gasteiger partial charge on any atom is 0.278 e. The number of rotatable bonds is 10. The number of aromatic nitrogens is 3. The van der Waals surface area contributed by atoms with Gasteiger partial charge in [-0.2, -0.15) is 0 Å². The van der Waals surface area contributed by atoms with Gasteiger partial charge in [0.25, 0.3) is 5.91 Å². The SMILES string of the molecule is CCC(=O)N(CCc1cn(C)c2ccc(Cl)cc12)CC1CCN(c2ncc(C(=O)NOC3CCCCO3)cn2)CC1. The Kier molecular flexibility index (Phi) is 9.74. The molecule has 41 heavy (non-hydrogen) atoms. The average Bonchev–Trinajstić information content (AvgIpc) is 3.32. The number of carbonyl (C=O) groups excluding carboxylic acids is 2. The Morgan fingerprint density at radius 2 is 1.95 bits per heavy atom. The fourth-order valence-electron chi connectivity index (χ4n) is 5.65. The van der Waals surface area contributed by atoms with Crippen molar-refractivity contribution in [2.75, 3.05) is 37.7 Å². The summed E-state index contributed by atoms with van der Waals surface area (Å²) in [5, 5.41) is 1.87. The summed E-state index contributed by atoms with van der Waals surface area (Å²) in [7, 11) is 2.04. The van der Waals surface area contributed by atoms with Crippen molar-refractivity contribution in [1.29, 1.82) is 0 Å². The van der Waals surface area contributed by atoms with Gasteiger partial charge in [0, 0.05) is 87.2 Å². The van der Waals surface area contributed by atoms with E-state index < -0.39 is 12.2 Å². The highest BCUT2D eigenvalue weighted by Crippen LogP contribution is 2.26. The number of hydrogen-bond donors (Lipinski definition) is 1. The van der Waals surface area contributed by atoms with Crippen LogP contribution in [0.25, 0.3) is 10.9 Å². The Morgan fingerprint density at radius 1 is 1.17 bits per heavy atom. The van der Waals surface area contributed by atoms with Gasteiger partial charge in [0.15, 0.2) is 6.29 Å². The van der Waals surface area contributed by atoms with E-state index in [1.54, 1.807) is 0 Å². The lowest BCUT2D eigenvalue weighted by Gasteiger charge is -2.35. The highest BCUT2D eigenvalue weighted by atomic mass is 35.5. The lowest BCUT2D eigenvalue weighted by atomic mass is 9.96. The number of carbonyl (C=O) groups is 2. The quantitative estimate of drug-likeness (QED) is 0.351. The second-order valence-electron chi connectivity index (χ2n) is 10.9. The molecule has 2 fully saturated rings. The van der Waals surface area contributed by atoms with E-state index in [1.807, 2.05) is 37.1 Å². The van der Waals surface area contributed by atoms with Crippen molar-refractivity contribution in [3.8, 4) is 0 Å². The molecular weight excluding hydrogens is 544 g/mol. The predicted octanol–water partition coefficient (Wildman–Crippen LogP) is 4.51. The third-order valence-corrected chi connectivity index (χ3v) is 8.27. The van der Waals surface area contributed by atoms with Crippen LogP contribution in [0.15, 0.2) is 36.8 Å². The van der Waals surface area contributed by atoms with Gasteiger partial charge in [0.05, 0.1) is 5.56 Å². The number of hydrogen-bond acceptors (Lipinski definition) is 7. The fraction of sp³-hybridized carbons (Fsp3) is 0.533. The standard InChI is InChI=1S/C30H39ClN6O4/c1-3-27(38)37(14-11-22-20-35(2)26-8-7-24(31)16-25(22)26)19-21-9-12-36(13-10-21)30-32-17-23(18-33-30)29(39)34-41-28-6-4-5-15-40-28/h7-8,16-18,20-21,28H,3-6,9-15,19H2,1-2H3,(H,34,39). The molecule has 0 radical (unpaired) electrons. The molecule has 3 aromatic rings. The number of aryl methyl sites for hydroxylation is 1. The number of hydroxylamine groups is 1. The molecule has 5 rings (SSSR count). The van der Waals surface area contributed by atoms with Gasteiger partial charge in [-0.1, -0.05) is 18.5 Å². The minimum absolute atomic E-state index is 0.182. The molecule has 11 heteroatoms. The maximum absolute atomic E-state index is 12.9. The van der Waals surface area contributed by atoms with Crippen molar-refractivity contribution < 1.29 is 19.2 Å². The molecule has 2 aliphatic rings. The number of amides is 2. The number of anilines is 1. The van der Waals surface area contributed by atoms with Crippen LogP contribution in [0.5, 0.6) is 0 Å². The smallest absolute Gasteiger partial charge is 0.278 e. The van der Waals surface area contributed by atoms with Crippen LogP contribution in [0.1, 0.15) is 61.4 Å². The van der Waals surface area contributed by atoms with E-state index in [0.29, 0.717) is 37.0 Å². The largest absolute Gasteiger partial charge is 0.350 e. The van der Waals surface area contributed by atoms with Gasteiger partial charge in [-0.05, 0) is 61.8 Å². The van der Waals surface area contributed by atoms with Crippen molar-refractivity contribution in [3.05, 3.63) is 52.9 Å². The summed E-state index contributed by atoms with van der Waals surface area (Å²) in [6.07, 6.45) is 10.7. The summed E-state index contributed by atoms with van der Waals surface area (Å²) in [4.78, 5) is 43.6. The van der Waals surface area contributed by atoms with Crippen molar-refractivity contribution in [3.63, 3.8) is 0 Å². The minimum atomic E-state index is -0.407. The zero-order valence-electron chi connectivity index (χ0n) is 23.9. The molecule has 0 aliphatic carbocycles. The van der Waals surface area contributed by atoms with Crippen LogP contribution in [0.3, 0.4) is 0 Å². The van der Waals surface area contributed by atoms with Crippen LogP contribution in [0, 0.1) is 5.92 Å². The molecular formula is C30H39ClN6O4. The van der Waals surface area contributed by atoms with Gasteiger partial charge < -0.3 is 19.1 Å². The number of benzene rings is 1. The van der Waals surface area contributed by atoms with Gasteiger partial charge in [-0.15, -0.1) is 0 Å². The normalized spacial score (nSPS) is 18.0. The highest BCUT2D eigenvalue weighted by Gasteiger charge is 2.25. The molecule has 1 aromatic carbocycles. The van der Waals surface area contributed by atoms with E-state index in [4.69, 9.17) is 21.2 Å². The molecule has 0 bridgehead atoms. The first-order valence-electron chi connectivity index (χ1n) is 14.6. The van der Waals surface area contributed by atoms with Crippen LogP contribution in [-0.4, -0.2) is 70.3 Å². The van der Waals surface area contributed by atoms with Crippen LogP contribution in [0.4, 0.5) is 5.95 Å². The Hall–Kier alpha value is -3.21. The van der Waals surface area contributed by atoms with E-state index in [2.05, 4.69) is 31.1 Å². The second kappa shape index (κ2) is 13.6. The van der Waals surface area contributed by atoms with Crippen molar-refractivity contribution in [2.24, 2.45) is 13.0 Å². The van der Waals surface area contributed by atoms with Crippen LogP contribution in [0.2, 0.25) is 5.02 Å². The Balaban J connectivity index is 1.11. The molecule has 2 amide bonds.